The van der Waals surface area contributed by atoms with Crippen LogP contribution in [0.2, 0.25) is 0 Å². The summed E-state index contributed by atoms with van der Waals surface area (Å²) >= 11 is 0. The topological polar surface area (TPSA) is 73.3 Å². The fourth-order valence-corrected chi connectivity index (χ4v) is 3.66. The molecule has 0 aliphatic rings. The summed E-state index contributed by atoms with van der Waals surface area (Å²) in [4.78, 5) is 8.57. The number of imidazole rings is 1. The van der Waals surface area contributed by atoms with Gasteiger partial charge in [0.15, 0.2) is 0 Å². The molecule has 0 saturated heterocycles. The maximum absolute atomic E-state index is 13.7. The molecule has 0 unspecified atom stereocenters. The number of halogens is 2. The number of rotatable bonds is 12. The Labute approximate surface area is 202 Å². The minimum Gasteiger partial charge on any atom is -0.487 e. The highest BCUT2D eigenvalue weighted by Crippen LogP contribution is 2.17. The van der Waals surface area contributed by atoms with E-state index in [1.54, 1.807) is 6.20 Å². The Bertz CT molecular complexity index is 1250. The molecule has 0 bridgehead atoms. The number of aryl methyl sites for hydroxylation is 2. The van der Waals surface area contributed by atoms with E-state index in [2.05, 4.69) is 26.7 Å². The number of hydrogen-bond donors (Lipinski definition) is 1. The fraction of sp³-hybridized carbons (Fsp3) is 0.259. The molecule has 2 heterocycles. The van der Waals surface area contributed by atoms with Gasteiger partial charge in [0.25, 0.3) is 0 Å². The summed E-state index contributed by atoms with van der Waals surface area (Å²) in [6.07, 6.45) is 11.8. The van der Waals surface area contributed by atoms with Crippen molar-refractivity contribution in [1.29, 1.82) is 0 Å². The molecular weight excluding hydrogens is 452 g/mol. The Hall–Kier alpha value is -3.78. The molecule has 4 rings (SSSR count). The summed E-state index contributed by atoms with van der Waals surface area (Å²) in [6, 6.07) is 11.4. The SMILES string of the molecule is OCCc1nccn1CCCCc1ccc(OCc2coc(/C=C/c3ccc(F)cc3F)n2)cc1. The zero-order chi connectivity index (χ0) is 24.5. The monoisotopic (exact) mass is 479 g/mol. The number of unbranched alkanes of at least 4 members (excludes halogenated alkanes) is 1. The minimum atomic E-state index is -0.648. The van der Waals surface area contributed by atoms with Crippen LogP contribution in [0, 0.1) is 11.6 Å². The molecule has 0 spiro atoms. The van der Waals surface area contributed by atoms with Gasteiger partial charge in [-0.2, -0.15) is 0 Å². The lowest BCUT2D eigenvalue weighted by Gasteiger charge is -2.08. The van der Waals surface area contributed by atoms with Crippen molar-refractivity contribution in [3.05, 3.63) is 101 Å². The largest absolute Gasteiger partial charge is 0.487 e. The summed E-state index contributed by atoms with van der Waals surface area (Å²) in [6.45, 7) is 1.24. The number of hydrogen-bond acceptors (Lipinski definition) is 5. The molecule has 0 radical (unpaired) electrons. The zero-order valence-corrected chi connectivity index (χ0v) is 19.2. The van der Waals surface area contributed by atoms with Crippen LogP contribution >= 0.6 is 0 Å². The Morgan fingerprint density at radius 2 is 1.89 bits per heavy atom. The molecule has 2 aromatic heterocycles. The van der Waals surface area contributed by atoms with Crippen LogP contribution < -0.4 is 4.74 Å². The van der Waals surface area contributed by atoms with Crippen molar-refractivity contribution in [3.8, 4) is 5.75 Å². The maximum atomic E-state index is 13.7. The molecule has 0 saturated carbocycles. The molecule has 2 aromatic carbocycles. The number of ether oxygens (including phenoxy) is 1. The molecule has 35 heavy (non-hydrogen) atoms. The van der Waals surface area contributed by atoms with E-state index in [4.69, 9.17) is 14.3 Å². The van der Waals surface area contributed by atoms with Gasteiger partial charge in [-0.15, -0.1) is 0 Å². The van der Waals surface area contributed by atoms with Gasteiger partial charge in [0.2, 0.25) is 5.89 Å². The van der Waals surface area contributed by atoms with Gasteiger partial charge >= 0.3 is 0 Å². The first kappa shape index (κ1) is 24.3. The fourth-order valence-electron chi connectivity index (χ4n) is 3.66. The van der Waals surface area contributed by atoms with Gasteiger partial charge in [0, 0.05) is 43.1 Å². The van der Waals surface area contributed by atoms with Crippen molar-refractivity contribution in [2.75, 3.05) is 6.61 Å². The lowest BCUT2D eigenvalue weighted by molar-refractivity contribution is 0.294. The standard InChI is InChI=1S/C27H27F2N3O3/c28-22-8-6-21(25(29)17-22)7-11-27-31-23(19-35-27)18-34-24-9-4-20(5-10-24)3-1-2-14-32-15-13-30-26(32)12-16-33/h4-11,13,15,17,19,33H,1-3,12,14,16,18H2/b11-7+. The van der Waals surface area contributed by atoms with E-state index >= 15 is 0 Å². The lowest BCUT2D eigenvalue weighted by Crippen LogP contribution is -2.05. The van der Waals surface area contributed by atoms with Crippen LogP contribution in [0.25, 0.3) is 12.2 Å². The molecule has 0 fully saturated rings. The highest BCUT2D eigenvalue weighted by Gasteiger charge is 2.05. The van der Waals surface area contributed by atoms with Crippen LogP contribution in [0.4, 0.5) is 8.78 Å². The van der Waals surface area contributed by atoms with Crippen molar-refractivity contribution in [2.24, 2.45) is 0 Å². The van der Waals surface area contributed by atoms with Crippen molar-refractivity contribution in [1.82, 2.24) is 14.5 Å². The summed E-state index contributed by atoms with van der Waals surface area (Å²) < 4.78 is 40.0. The summed E-state index contributed by atoms with van der Waals surface area (Å²) in [5.74, 6) is 0.689. The molecule has 8 heteroatoms. The normalized spacial score (nSPS) is 11.4. The van der Waals surface area contributed by atoms with Gasteiger partial charge in [0.05, 0.1) is 6.61 Å². The molecular formula is C27H27F2N3O3. The zero-order valence-electron chi connectivity index (χ0n) is 19.2. The second-order valence-electron chi connectivity index (χ2n) is 8.08. The van der Waals surface area contributed by atoms with Crippen molar-refractivity contribution >= 4 is 12.2 Å². The molecule has 4 aromatic rings. The van der Waals surface area contributed by atoms with Gasteiger partial charge < -0.3 is 18.8 Å². The van der Waals surface area contributed by atoms with E-state index in [0.717, 1.165) is 43.4 Å². The Morgan fingerprint density at radius 3 is 2.69 bits per heavy atom. The first-order chi connectivity index (χ1) is 17.1. The summed E-state index contributed by atoms with van der Waals surface area (Å²) in [5.41, 5.74) is 2.09. The van der Waals surface area contributed by atoms with Crippen molar-refractivity contribution < 1.29 is 23.0 Å². The first-order valence-corrected chi connectivity index (χ1v) is 11.5. The van der Waals surface area contributed by atoms with Gasteiger partial charge in [-0.05, 0) is 55.2 Å². The predicted molar refractivity (Wildman–Crippen MR) is 129 cm³/mol. The third-order valence-electron chi connectivity index (χ3n) is 5.50. The van der Waals surface area contributed by atoms with E-state index in [-0.39, 0.29) is 18.8 Å². The quantitative estimate of drug-likeness (QED) is 0.273. The van der Waals surface area contributed by atoms with Crippen molar-refractivity contribution in [2.45, 2.75) is 38.8 Å². The number of aliphatic hydroxyl groups is 1. The second-order valence-corrected chi connectivity index (χ2v) is 8.08. The van der Waals surface area contributed by atoms with E-state index in [1.807, 2.05) is 18.3 Å². The number of aromatic nitrogens is 3. The smallest absolute Gasteiger partial charge is 0.218 e. The third-order valence-corrected chi connectivity index (χ3v) is 5.50. The second kappa shape index (κ2) is 12.1. The van der Waals surface area contributed by atoms with E-state index in [0.29, 0.717) is 18.0 Å². The molecule has 182 valence electrons. The average molecular weight is 480 g/mol. The molecule has 6 nitrogen and oxygen atoms in total. The van der Waals surface area contributed by atoms with Gasteiger partial charge in [-0.3, -0.25) is 0 Å². The number of oxazole rings is 1. The van der Waals surface area contributed by atoms with Crippen LogP contribution in [0.1, 0.15) is 41.4 Å². The van der Waals surface area contributed by atoms with Crippen LogP contribution in [-0.4, -0.2) is 26.2 Å². The van der Waals surface area contributed by atoms with Crippen LogP contribution in [0.5, 0.6) is 5.75 Å². The highest BCUT2D eigenvalue weighted by molar-refractivity contribution is 5.66. The van der Waals surface area contributed by atoms with Crippen LogP contribution in [-0.2, 0) is 26.0 Å². The molecule has 0 atom stereocenters. The minimum absolute atomic E-state index is 0.110. The molecule has 1 N–H and O–H groups in total. The maximum Gasteiger partial charge on any atom is 0.218 e. The lowest BCUT2D eigenvalue weighted by atomic mass is 10.1. The molecule has 0 aliphatic heterocycles. The third kappa shape index (κ3) is 7.10. The van der Waals surface area contributed by atoms with Crippen LogP contribution in [0.15, 0.2) is 65.5 Å². The summed E-state index contributed by atoms with van der Waals surface area (Å²) in [7, 11) is 0. The van der Waals surface area contributed by atoms with Gasteiger partial charge in [-0.1, -0.05) is 12.1 Å². The Kier molecular flexibility index (Phi) is 8.40. The predicted octanol–water partition coefficient (Wildman–Crippen LogP) is 5.46. The number of nitrogens with zero attached hydrogens (tertiary/aromatic N) is 3. The summed E-state index contributed by atoms with van der Waals surface area (Å²) in [5, 5.41) is 9.09. The van der Waals surface area contributed by atoms with E-state index in [9.17, 15) is 8.78 Å². The Morgan fingerprint density at radius 1 is 1.03 bits per heavy atom. The number of benzene rings is 2. The number of aliphatic hydroxyl groups excluding tert-OH is 1. The molecule has 0 amide bonds. The van der Waals surface area contributed by atoms with Crippen molar-refractivity contribution in [3.63, 3.8) is 0 Å². The van der Waals surface area contributed by atoms with Gasteiger partial charge in [0.1, 0.15) is 41.8 Å². The Balaban J connectivity index is 1.20. The van der Waals surface area contributed by atoms with E-state index in [1.165, 1.54) is 36.1 Å². The van der Waals surface area contributed by atoms with Crippen LogP contribution in [0.3, 0.4) is 0 Å². The van der Waals surface area contributed by atoms with E-state index < -0.39 is 11.6 Å². The van der Waals surface area contributed by atoms with Gasteiger partial charge in [-0.25, -0.2) is 18.7 Å². The highest BCUT2D eigenvalue weighted by atomic mass is 19.1. The average Bonchev–Trinajstić information content (AvgIpc) is 3.50. The molecule has 0 aliphatic carbocycles. The first-order valence-electron chi connectivity index (χ1n) is 11.5.